The van der Waals surface area contributed by atoms with Crippen molar-refractivity contribution in [3.63, 3.8) is 0 Å². The van der Waals surface area contributed by atoms with Gasteiger partial charge in [-0.15, -0.1) is 0 Å². The molecule has 0 aliphatic carbocycles. The largest absolute Gasteiger partial charge is 0.383 e. The maximum Gasteiger partial charge on any atom is 0.149 e. The molecule has 0 atom stereocenters. The Hall–Kier alpha value is -3.56. The van der Waals surface area contributed by atoms with Gasteiger partial charge in [0.2, 0.25) is 0 Å². The lowest BCUT2D eigenvalue weighted by Gasteiger charge is -2.31. The minimum absolute atomic E-state index is 0.0457. The lowest BCUT2D eigenvalue weighted by Crippen LogP contribution is -2.32. The van der Waals surface area contributed by atoms with Crippen molar-refractivity contribution in [1.82, 2.24) is 4.98 Å². The van der Waals surface area contributed by atoms with Crippen LogP contribution in [0.4, 0.5) is 11.6 Å². The zero-order chi connectivity index (χ0) is 17.1. The van der Waals surface area contributed by atoms with Gasteiger partial charge in [0.05, 0.1) is 18.1 Å². The molecule has 2 aromatic rings. The number of hydrogen-bond acceptors (Lipinski definition) is 6. The number of anilines is 2. The first kappa shape index (κ1) is 15.3. The fraction of sp³-hybridized carbons (Fsp3) is 0.222. The van der Waals surface area contributed by atoms with Crippen molar-refractivity contribution in [2.45, 2.75) is 19.4 Å². The Balaban J connectivity index is 2.11. The number of rotatable bonds is 2. The third kappa shape index (κ3) is 2.49. The highest BCUT2D eigenvalue weighted by Crippen LogP contribution is 2.31. The molecule has 24 heavy (non-hydrogen) atoms. The van der Waals surface area contributed by atoms with Gasteiger partial charge in [-0.2, -0.15) is 15.8 Å². The molecule has 1 aromatic carbocycles. The topological polar surface area (TPSA) is 114 Å². The van der Waals surface area contributed by atoms with Crippen LogP contribution in [0.15, 0.2) is 24.3 Å². The van der Waals surface area contributed by atoms with Gasteiger partial charge in [-0.3, -0.25) is 0 Å². The smallest absolute Gasteiger partial charge is 0.149 e. The maximum absolute atomic E-state index is 9.59. The molecule has 116 valence electrons. The Kier molecular flexibility index (Phi) is 4.01. The molecule has 0 fully saturated rings. The molecular formula is C18H14N6. The van der Waals surface area contributed by atoms with E-state index in [2.05, 4.69) is 23.2 Å². The van der Waals surface area contributed by atoms with Crippen molar-refractivity contribution in [2.24, 2.45) is 0 Å². The standard InChI is InChI=1S/C18H14N6/c19-7-5-14-15(9-20)17(22)23-18(16(14)10-21)24-8-6-12-3-1-2-4-13(12)11-24/h1-4H,5-6,8,11H2,(H2,22,23). The Morgan fingerprint density at radius 1 is 1.08 bits per heavy atom. The van der Waals surface area contributed by atoms with Crippen LogP contribution in [-0.2, 0) is 19.4 Å². The van der Waals surface area contributed by atoms with Gasteiger partial charge in [0.25, 0.3) is 0 Å². The average molecular weight is 314 g/mol. The number of benzene rings is 1. The molecule has 1 aromatic heterocycles. The lowest BCUT2D eigenvalue weighted by atomic mass is 9.97. The van der Waals surface area contributed by atoms with Crippen molar-refractivity contribution in [3.05, 3.63) is 52.1 Å². The number of hydrogen-bond donors (Lipinski definition) is 1. The predicted molar refractivity (Wildman–Crippen MR) is 88.6 cm³/mol. The van der Waals surface area contributed by atoms with Crippen LogP contribution < -0.4 is 10.6 Å². The van der Waals surface area contributed by atoms with E-state index in [1.165, 1.54) is 11.1 Å². The molecule has 0 saturated heterocycles. The number of fused-ring (bicyclic) bond motifs is 1. The average Bonchev–Trinajstić information content (AvgIpc) is 2.61. The first-order chi connectivity index (χ1) is 11.7. The predicted octanol–water partition coefficient (Wildman–Crippen LogP) is 2.04. The minimum atomic E-state index is -0.0457. The van der Waals surface area contributed by atoms with Gasteiger partial charge < -0.3 is 10.6 Å². The van der Waals surface area contributed by atoms with Gasteiger partial charge in [0.15, 0.2) is 0 Å². The zero-order valence-corrected chi connectivity index (χ0v) is 13.0. The van der Waals surface area contributed by atoms with E-state index in [1.54, 1.807) is 0 Å². The lowest BCUT2D eigenvalue weighted by molar-refractivity contribution is 0.719. The Bertz CT molecular complexity index is 926. The molecule has 0 amide bonds. The van der Waals surface area contributed by atoms with E-state index in [0.717, 1.165) is 6.42 Å². The minimum Gasteiger partial charge on any atom is -0.383 e. The quantitative estimate of drug-likeness (QED) is 0.907. The normalized spacial score (nSPS) is 12.6. The fourth-order valence-electron chi connectivity index (χ4n) is 3.04. The van der Waals surface area contributed by atoms with Crippen molar-refractivity contribution >= 4 is 11.6 Å². The van der Waals surface area contributed by atoms with Crippen LogP contribution in [0.1, 0.15) is 27.8 Å². The summed E-state index contributed by atoms with van der Waals surface area (Å²) in [7, 11) is 0. The van der Waals surface area contributed by atoms with Crippen molar-refractivity contribution in [2.75, 3.05) is 17.2 Å². The molecule has 0 spiro atoms. The van der Waals surface area contributed by atoms with E-state index < -0.39 is 0 Å². The number of pyridine rings is 1. The maximum atomic E-state index is 9.59. The number of nitrogens with zero attached hydrogens (tertiary/aromatic N) is 5. The third-order valence-electron chi connectivity index (χ3n) is 4.22. The summed E-state index contributed by atoms with van der Waals surface area (Å²) in [6.45, 7) is 1.32. The summed E-state index contributed by atoms with van der Waals surface area (Å²) >= 11 is 0. The molecule has 1 aliphatic heterocycles. The van der Waals surface area contributed by atoms with Crippen molar-refractivity contribution in [3.8, 4) is 18.2 Å². The van der Waals surface area contributed by atoms with Crippen molar-refractivity contribution < 1.29 is 0 Å². The summed E-state index contributed by atoms with van der Waals surface area (Å²) < 4.78 is 0. The molecule has 2 heterocycles. The van der Waals surface area contributed by atoms with E-state index in [-0.39, 0.29) is 23.4 Å². The second kappa shape index (κ2) is 6.28. The molecule has 0 radical (unpaired) electrons. The number of nitrogens with two attached hydrogens (primary N) is 1. The van der Waals surface area contributed by atoms with Crippen LogP contribution >= 0.6 is 0 Å². The molecule has 6 nitrogen and oxygen atoms in total. The van der Waals surface area contributed by atoms with E-state index in [1.807, 2.05) is 29.2 Å². The first-order valence-electron chi connectivity index (χ1n) is 7.50. The van der Waals surface area contributed by atoms with E-state index in [9.17, 15) is 10.5 Å². The summed E-state index contributed by atoms with van der Waals surface area (Å²) in [4.78, 5) is 6.29. The Morgan fingerprint density at radius 3 is 2.46 bits per heavy atom. The summed E-state index contributed by atoms with van der Waals surface area (Å²) in [6.07, 6.45) is 0.798. The molecule has 0 bridgehead atoms. The van der Waals surface area contributed by atoms with E-state index in [0.29, 0.717) is 24.5 Å². The van der Waals surface area contributed by atoms with Crippen LogP contribution in [0.3, 0.4) is 0 Å². The zero-order valence-electron chi connectivity index (χ0n) is 13.0. The van der Waals surface area contributed by atoms with Gasteiger partial charge >= 0.3 is 0 Å². The molecule has 0 saturated carbocycles. The van der Waals surface area contributed by atoms with Gasteiger partial charge in [-0.25, -0.2) is 4.98 Å². The highest BCUT2D eigenvalue weighted by molar-refractivity contribution is 5.69. The number of nitriles is 3. The van der Waals surface area contributed by atoms with Crippen LogP contribution in [0, 0.1) is 34.0 Å². The van der Waals surface area contributed by atoms with Crippen LogP contribution in [0.2, 0.25) is 0 Å². The molecule has 1 aliphatic rings. The summed E-state index contributed by atoms with van der Waals surface area (Å²) in [5, 5.41) is 27.9. The fourth-order valence-corrected chi connectivity index (χ4v) is 3.04. The second-order valence-corrected chi connectivity index (χ2v) is 5.55. The molecule has 2 N–H and O–H groups in total. The second-order valence-electron chi connectivity index (χ2n) is 5.55. The van der Waals surface area contributed by atoms with Crippen LogP contribution in [0.5, 0.6) is 0 Å². The van der Waals surface area contributed by atoms with E-state index in [4.69, 9.17) is 11.0 Å². The van der Waals surface area contributed by atoms with Gasteiger partial charge in [0.1, 0.15) is 29.3 Å². The number of nitrogen functional groups attached to an aromatic ring is 1. The van der Waals surface area contributed by atoms with Gasteiger partial charge in [0, 0.05) is 18.7 Å². The summed E-state index contributed by atoms with van der Waals surface area (Å²) in [6, 6.07) is 14.2. The SMILES string of the molecule is N#CCc1c(C#N)c(N)nc(N2CCc3ccccc3C2)c1C#N. The van der Waals surface area contributed by atoms with Gasteiger partial charge in [-0.1, -0.05) is 24.3 Å². The highest BCUT2D eigenvalue weighted by atomic mass is 15.2. The monoisotopic (exact) mass is 314 g/mol. The van der Waals surface area contributed by atoms with Crippen molar-refractivity contribution in [1.29, 1.82) is 15.8 Å². The third-order valence-corrected chi connectivity index (χ3v) is 4.22. The van der Waals surface area contributed by atoms with E-state index >= 15 is 0 Å². The first-order valence-corrected chi connectivity index (χ1v) is 7.50. The summed E-state index contributed by atoms with van der Waals surface area (Å²) in [5.74, 6) is 0.518. The van der Waals surface area contributed by atoms with Crippen LogP contribution in [0.25, 0.3) is 0 Å². The molecule has 3 rings (SSSR count). The Morgan fingerprint density at radius 2 is 1.79 bits per heavy atom. The van der Waals surface area contributed by atoms with Crippen LogP contribution in [-0.4, -0.2) is 11.5 Å². The van der Waals surface area contributed by atoms with Gasteiger partial charge in [-0.05, 0) is 17.5 Å². The Labute approximate surface area is 140 Å². The molecule has 0 unspecified atom stereocenters. The number of aromatic nitrogens is 1. The highest BCUT2D eigenvalue weighted by Gasteiger charge is 2.24. The molecular weight excluding hydrogens is 300 g/mol. The summed E-state index contributed by atoms with van der Waals surface area (Å²) in [5.41, 5.74) is 9.12. The molecule has 6 heteroatoms.